The molecule has 0 saturated heterocycles. The molecule has 0 aliphatic heterocycles. The van der Waals surface area contributed by atoms with Crippen LogP contribution in [0.4, 0.5) is 0 Å². The van der Waals surface area contributed by atoms with Gasteiger partial charge < -0.3 is 9.47 Å². The largest absolute Gasteiger partial charge is 0.497 e. The van der Waals surface area contributed by atoms with Crippen molar-refractivity contribution in [2.24, 2.45) is 0 Å². The average Bonchev–Trinajstić information content (AvgIpc) is 3.10. The third kappa shape index (κ3) is 3.61. The number of ether oxygens (including phenoxy) is 2. The first kappa shape index (κ1) is 17.3. The Kier molecular flexibility index (Phi) is 5.23. The highest BCUT2D eigenvalue weighted by molar-refractivity contribution is 7.98. The minimum absolute atomic E-state index is 0.672. The molecule has 0 N–H and O–H groups in total. The van der Waals surface area contributed by atoms with Crippen molar-refractivity contribution in [2.45, 2.75) is 24.8 Å². The van der Waals surface area contributed by atoms with Crippen LogP contribution in [0.15, 0.2) is 41.6 Å². The summed E-state index contributed by atoms with van der Waals surface area (Å²) in [4.78, 5) is 0. The quantitative estimate of drug-likeness (QED) is 0.629. The molecule has 3 rings (SSSR count). The molecule has 0 amide bonds. The second-order valence-electron chi connectivity index (χ2n) is 5.56. The van der Waals surface area contributed by atoms with E-state index in [9.17, 15) is 0 Å². The van der Waals surface area contributed by atoms with Gasteiger partial charge in [-0.3, -0.25) is 0 Å². The van der Waals surface area contributed by atoms with Gasteiger partial charge in [0.15, 0.2) is 0 Å². The fourth-order valence-corrected chi connectivity index (χ4v) is 3.38. The number of methoxy groups -OCH3 is 2. The van der Waals surface area contributed by atoms with Gasteiger partial charge in [0.1, 0.15) is 11.5 Å². The molecule has 0 radical (unpaired) electrons. The molecule has 0 aliphatic carbocycles. The molecule has 0 aliphatic rings. The number of aromatic nitrogens is 4. The standard InChI is InChI=1S/C18H20N4O2S/c1-12-6-5-7-16(13(12)2)22-18(19-20-21-22)25-11-14-10-15(23-3)8-9-17(14)24-4/h5-10H,11H2,1-4H3. The lowest BCUT2D eigenvalue weighted by Gasteiger charge is -2.11. The molecule has 3 aromatic rings. The molecule has 25 heavy (non-hydrogen) atoms. The summed E-state index contributed by atoms with van der Waals surface area (Å²) in [5.41, 5.74) is 4.39. The highest BCUT2D eigenvalue weighted by atomic mass is 32.2. The molecule has 0 unspecified atom stereocenters. The maximum atomic E-state index is 5.44. The van der Waals surface area contributed by atoms with Crippen LogP contribution in [0.1, 0.15) is 16.7 Å². The van der Waals surface area contributed by atoms with Gasteiger partial charge in [0.05, 0.1) is 19.9 Å². The lowest BCUT2D eigenvalue weighted by atomic mass is 10.1. The maximum Gasteiger partial charge on any atom is 0.214 e. The van der Waals surface area contributed by atoms with E-state index in [-0.39, 0.29) is 0 Å². The molecule has 7 heteroatoms. The molecule has 6 nitrogen and oxygen atoms in total. The van der Waals surface area contributed by atoms with Crippen LogP contribution in [-0.4, -0.2) is 34.4 Å². The van der Waals surface area contributed by atoms with E-state index in [4.69, 9.17) is 9.47 Å². The van der Waals surface area contributed by atoms with Gasteiger partial charge in [-0.05, 0) is 59.7 Å². The number of tetrazole rings is 1. The van der Waals surface area contributed by atoms with Gasteiger partial charge >= 0.3 is 0 Å². The molecule has 1 aromatic heterocycles. The molecule has 130 valence electrons. The zero-order valence-corrected chi connectivity index (χ0v) is 15.5. The van der Waals surface area contributed by atoms with Crippen molar-refractivity contribution in [3.05, 3.63) is 53.1 Å². The Bertz CT molecular complexity index is 879. The van der Waals surface area contributed by atoms with E-state index in [0.29, 0.717) is 5.75 Å². The van der Waals surface area contributed by atoms with E-state index in [1.165, 1.54) is 5.56 Å². The highest BCUT2D eigenvalue weighted by Gasteiger charge is 2.14. The van der Waals surface area contributed by atoms with Gasteiger partial charge in [-0.2, -0.15) is 4.68 Å². The second-order valence-corrected chi connectivity index (χ2v) is 6.50. The second kappa shape index (κ2) is 7.57. The summed E-state index contributed by atoms with van der Waals surface area (Å²) in [5.74, 6) is 2.29. The summed E-state index contributed by atoms with van der Waals surface area (Å²) in [6.45, 7) is 4.16. The molecule has 2 aromatic carbocycles. The molecule has 0 saturated carbocycles. The van der Waals surface area contributed by atoms with Crippen LogP contribution in [-0.2, 0) is 5.75 Å². The summed E-state index contributed by atoms with van der Waals surface area (Å²) >= 11 is 1.56. The van der Waals surface area contributed by atoms with Gasteiger partial charge in [-0.25, -0.2) is 0 Å². The summed E-state index contributed by atoms with van der Waals surface area (Å²) in [6.07, 6.45) is 0. The third-order valence-electron chi connectivity index (χ3n) is 4.09. The number of nitrogens with zero attached hydrogens (tertiary/aromatic N) is 4. The van der Waals surface area contributed by atoms with E-state index < -0.39 is 0 Å². The normalized spacial score (nSPS) is 10.7. The Balaban J connectivity index is 1.87. The van der Waals surface area contributed by atoms with Crippen LogP contribution in [0.25, 0.3) is 5.69 Å². The van der Waals surface area contributed by atoms with Crippen LogP contribution >= 0.6 is 11.8 Å². The van der Waals surface area contributed by atoms with Gasteiger partial charge in [-0.1, -0.05) is 23.9 Å². The Morgan fingerprint density at radius 3 is 2.68 bits per heavy atom. The molecule has 0 atom stereocenters. The number of hydrogen-bond donors (Lipinski definition) is 0. The van der Waals surface area contributed by atoms with E-state index in [2.05, 4.69) is 35.4 Å². The number of hydrogen-bond acceptors (Lipinski definition) is 6. The molecule has 0 fully saturated rings. The fraction of sp³-hybridized carbons (Fsp3) is 0.278. The van der Waals surface area contributed by atoms with Crippen molar-refractivity contribution >= 4 is 11.8 Å². The van der Waals surface area contributed by atoms with Crippen molar-refractivity contribution in [2.75, 3.05) is 14.2 Å². The smallest absolute Gasteiger partial charge is 0.214 e. The summed E-state index contributed by atoms with van der Waals surface area (Å²) in [6, 6.07) is 11.9. The first-order valence-electron chi connectivity index (χ1n) is 7.82. The van der Waals surface area contributed by atoms with Crippen LogP contribution < -0.4 is 9.47 Å². The van der Waals surface area contributed by atoms with Gasteiger partial charge in [-0.15, -0.1) is 5.10 Å². The molecular formula is C18H20N4O2S. The Morgan fingerprint density at radius 2 is 1.92 bits per heavy atom. The van der Waals surface area contributed by atoms with Gasteiger partial charge in [0, 0.05) is 11.3 Å². The number of benzene rings is 2. The fourth-order valence-electron chi connectivity index (χ4n) is 2.52. The predicted octanol–water partition coefficient (Wildman–Crippen LogP) is 3.59. The monoisotopic (exact) mass is 356 g/mol. The zero-order chi connectivity index (χ0) is 17.8. The zero-order valence-electron chi connectivity index (χ0n) is 14.7. The maximum absolute atomic E-state index is 5.44. The SMILES string of the molecule is COc1ccc(OC)c(CSc2nnnn2-c2cccc(C)c2C)c1. The van der Waals surface area contributed by atoms with Gasteiger partial charge in [0.2, 0.25) is 5.16 Å². The summed E-state index contributed by atoms with van der Waals surface area (Å²) < 4.78 is 12.5. The summed E-state index contributed by atoms with van der Waals surface area (Å²) in [7, 11) is 3.32. The van der Waals surface area contributed by atoms with Crippen molar-refractivity contribution in [3.63, 3.8) is 0 Å². The van der Waals surface area contributed by atoms with Crippen molar-refractivity contribution in [1.82, 2.24) is 20.2 Å². The van der Waals surface area contributed by atoms with E-state index in [1.54, 1.807) is 30.7 Å². The topological polar surface area (TPSA) is 62.1 Å². The first-order chi connectivity index (χ1) is 12.1. The highest BCUT2D eigenvalue weighted by Crippen LogP contribution is 2.31. The number of rotatable bonds is 6. The minimum Gasteiger partial charge on any atom is -0.497 e. The number of aryl methyl sites for hydroxylation is 1. The van der Waals surface area contributed by atoms with Crippen molar-refractivity contribution in [3.8, 4) is 17.2 Å². The Morgan fingerprint density at radius 1 is 1.08 bits per heavy atom. The average molecular weight is 356 g/mol. The Hall–Kier alpha value is -2.54. The predicted molar refractivity (Wildman–Crippen MR) is 97.7 cm³/mol. The molecule has 1 heterocycles. The summed E-state index contributed by atoms with van der Waals surface area (Å²) in [5, 5.41) is 12.9. The van der Waals surface area contributed by atoms with E-state index in [1.807, 2.05) is 30.3 Å². The van der Waals surface area contributed by atoms with Gasteiger partial charge in [0.25, 0.3) is 0 Å². The molecule has 0 bridgehead atoms. The third-order valence-corrected chi connectivity index (χ3v) is 5.06. The van der Waals surface area contributed by atoms with Crippen LogP contribution in [0.2, 0.25) is 0 Å². The molecular weight excluding hydrogens is 336 g/mol. The molecule has 0 spiro atoms. The van der Waals surface area contributed by atoms with Crippen LogP contribution in [0, 0.1) is 13.8 Å². The lowest BCUT2D eigenvalue weighted by molar-refractivity contribution is 0.400. The number of thioether (sulfide) groups is 1. The van der Waals surface area contributed by atoms with Crippen LogP contribution in [0.3, 0.4) is 0 Å². The van der Waals surface area contributed by atoms with Crippen molar-refractivity contribution in [1.29, 1.82) is 0 Å². The lowest BCUT2D eigenvalue weighted by Crippen LogP contribution is -2.03. The van der Waals surface area contributed by atoms with Crippen molar-refractivity contribution < 1.29 is 9.47 Å². The Labute approximate surface area is 151 Å². The van der Waals surface area contributed by atoms with E-state index in [0.717, 1.165) is 33.5 Å². The van der Waals surface area contributed by atoms with Crippen LogP contribution in [0.5, 0.6) is 11.5 Å². The minimum atomic E-state index is 0.672. The van der Waals surface area contributed by atoms with E-state index >= 15 is 0 Å². The first-order valence-corrected chi connectivity index (χ1v) is 8.81.